The molecule has 12 heavy (non-hydrogen) atoms. The Balaban J connectivity index is 4.88. The van der Waals surface area contributed by atoms with Gasteiger partial charge in [0.1, 0.15) is 5.57 Å². The van der Waals surface area contributed by atoms with Crippen molar-refractivity contribution in [2.24, 2.45) is 0 Å². The SMILES string of the molecule is CC(=O)C(=CC(Cl)(Cl)Cl)C(=O)O. The van der Waals surface area contributed by atoms with Gasteiger partial charge in [0.15, 0.2) is 5.78 Å². The fourth-order valence-corrected chi connectivity index (χ4v) is 0.805. The molecular weight excluding hydrogens is 226 g/mol. The van der Waals surface area contributed by atoms with Crippen molar-refractivity contribution < 1.29 is 14.7 Å². The van der Waals surface area contributed by atoms with Crippen LogP contribution in [0.4, 0.5) is 0 Å². The van der Waals surface area contributed by atoms with E-state index >= 15 is 0 Å². The molecule has 0 aromatic rings. The molecule has 0 aliphatic heterocycles. The Labute approximate surface area is 83.9 Å². The van der Waals surface area contributed by atoms with Crippen LogP contribution in [0.1, 0.15) is 6.92 Å². The van der Waals surface area contributed by atoms with Gasteiger partial charge in [0, 0.05) is 0 Å². The fourth-order valence-electron chi connectivity index (χ4n) is 0.478. The first-order valence-electron chi connectivity index (χ1n) is 2.78. The number of halogens is 3. The number of ketones is 1. The smallest absolute Gasteiger partial charge is 0.339 e. The molecule has 3 nitrogen and oxygen atoms in total. The zero-order valence-electron chi connectivity index (χ0n) is 5.97. The Morgan fingerprint density at radius 1 is 1.33 bits per heavy atom. The normalized spacial score (nSPS) is 12.8. The predicted octanol–water partition coefficient (Wildman–Crippen LogP) is 1.96. The van der Waals surface area contributed by atoms with E-state index in [1.165, 1.54) is 0 Å². The first kappa shape index (κ1) is 11.8. The monoisotopic (exact) mass is 230 g/mol. The van der Waals surface area contributed by atoms with Crippen molar-refractivity contribution in [3.8, 4) is 0 Å². The Morgan fingerprint density at radius 3 is 1.83 bits per heavy atom. The summed E-state index contributed by atoms with van der Waals surface area (Å²) >= 11 is 15.8. The van der Waals surface area contributed by atoms with E-state index in [1.54, 1.807) is 0 Å². The Kier molecular flexibility index (Phi) is 4.03. The van der Waals surface area contributed by atoms with Crippen LogP contribution in [0.2, 0.25) is 0 Å². The summed E-state index contributed by atoms with van der Waals surface area (Å²) in [4.78, 5) is 21.0. The minimum absolute atomic E-state index is 0.532. The van der Waals surface area contributed by atoms with Crippen molar-refractivity contribution in [1.29, 1.82) is 0 Å². The van der Waals surface area contributed by atoms with Gasteiger partial charge in [-0.05, 0) is 13.0 Å². The van der Waals surface area contributed by atoms with Crippen molar-refractivity contribution in [2.75, 3.05) is 0 Å². The fraction of sp³-hybridized carbons (Fsp3) is 0.333. The second kappa shape index (κ2) is 4.12. The van der Waals surface area contributed by atoms with Gasteiger partial charge in [-0.25, -0.2) is 4.79 Å². The van der Waals surface area contributed by atoms with E-state index in [1.807, 2.05) is 0 Å². The number of carboxylic acids is 1. The number of carbonyl (C=O) groups is 2. The summed E-state index contributed by atoms with van der Waals surface area (Å²) in [5, 5.41) is 8.44. The third kappa shape index (κ3) is 4.59. The molecule has 0 atom stereocenters. The molecule has 1 N–H and O–H groups in total. The van der Waals surface area contributed by atoms with E-state index in [0.717, 1.165) is 13.0 Å². The average molecular weight is 231 g/mol. The first-order chi connectivity index (χ1) is 5.24. The maximum absolute atomic E-state index is 10.6. The van der Waals surface area contributed by atoms with E-state index < -0.39 is 21.1 Å². The molecule has 0 aliphatic rings. The lowest BCUT2D eigenvalue weighted by Gasteiger charge is -2.04. The average Bonchev–Trinajstić information content (AvgIpc) is 1.79. The van der Waals surface area contributed by atoms with Gasteiger partial charge in [0.25, 0.3) is 0 Å². The third-order valence-electron chi connectivity index (χ3n) is 0.918. The highest BCUT2D eigenvalue weighted by atomic mass is 35.6. The van der Waals surface area contributed by atoms with Crippen molar-refractivity contribution in [3.05, 3.63) is 11.6 Å². The molecule has 0 saturated heterocycles. The second-order valence-corrected chi connectivity index (χ2v) is 4.33. The Morgan fingerprint density at radius 2 is 1.75 bits per heavy atom. The highest BCUT2D eigenvalue weighted by molar-refractivity contribution is 6.69. The van der Waals surface area contributed by atoms with Crippen LogP contribution in [0.25, 0.3) is 0 Å². The standard InChI is InChI=1S/C6H5Cl3O3/c1-3(10)4(5(11)12)2-6(7,8)9/h2H,1H3,(H,11,12). The molecule has 0 bridgehead atoms. The van der Waals surface area contributed by atoms with Gasteiger partial charge in [-0.15, -0.1) is 0 Å². The molecule has 0 rings (SSSR count). The van der Waals surface area contributed by atoms with Crippen molar-refractivity contribution in [1.82, 2.24) is 0 Å². The molecule has 0 spiro atoms. The maximum Gasteiger partial charge on any atom is 0.339 e. The van der Waals surface area contributed by atoms with Crippen LogP contribution < -0.4 is 0 Å². The predicted molar refractivity (Wildman–Crippen MR) is 46.7 cm³/mol. The molecular formula is C6H5Cl3O3. The van der Waals surface area contributed by atoms with Gasteiger partial charge in [0.2, 0.25) is 3.79 Å². The molecule has 0 heterocycles. The molecule has 0 radical (unpaired) electrons. The lowest BCUT2D eigenvalue weighted by molar-refractivity contribution is -0.134. The number of rotatable bonds is 2. The molecule has 0 saturated carbocycles. The zero-order valence-corrected chi connectivity index (χ0v) is 8.24. The number of carboxylic acid groups (broad SMARTS) is 1. The Bertz CT molecular complexity index is 223. The van der Waals surface area contributed by atoms with Gasteiger partial charge in [0.05, 0.1) is 0 Å². The number of carbonyl (C=O) groups excluding carboxylic acids is 1. The minimum atomic E-state index is -1.86. The lowest BCUT2D eigenvalue weighted by atomic mass is 10.2. The molecule has 0 aliphatic carbocycles. The van der Waals surface area contributed by atoms with E-state index in [0.29, 0.717) is 0 Å². The van der Waals surface area contributed by atoms with Crippen LogP contribution in [-0.2, 0) is 9.59 Å². The topological polar surface area (TPSA) is 54.4 Å². The number of Topliss-reactive ketones (excluding diaryl/α,β-unsaturated/α-hetero) is 1. The van der Waals surface area contributed by atoms with Gasteiger partial charge in [-0.1, -0.05) is 34.8 Å². The Hall–Kier alpha value is -0.250. The summed E-state index contributed by atoms with van der Waals surface area (Å²) in [5.74, 6) is -2.07. The molecule has 0 fully saturated rings. The quantitative estimate of drug-likeness (QED) is 0.342. The van der Waals surface area contributed by atoms with Crippen molar-refractivity contribution >= 4 is 46.6 Å². The molecule has 0 aromatic heterocycles. The minimum Gasteiger partial charge on any atom is -0.478 e. The zero-order chi connectivity index (χ0) is 9.94. The van der Waals surface area contributed by atoms with E-state index in [-0.39, 0.29) is 0 Å². The summed E-state index contributed by atoms with van der Waals surface area (Å²) in [7, 11) is 0. The van der Waals surface area contributed by atoms with E-state index in [9.17, 15) is 9.59 Å². The van der Waals surface area contributed by atoms with Gasteiger partial charge in [-0.2, -0.15) is 0 Å². The first-order valence-corrected chi connectivity index (χ1v) is 3.91. The molecule has 0 unspecified atom stereocenters. The van der Waals surface area contributed by atoms with Crippen molar-refractivity contribution in [2.45, 2.75) is 10.7 Å². The summed E-state index contributed by atoms with van der Waals surface area (Å²) in [6, 6.07) is 0. The number of hydrogen-bond acceptors (Lipinski definition) is 2. The summed E-state index contributed by atoms with van der Waals surface area (Å²) in [5.41, 5.74) is -0.532. The summed E-state index contributed by atoms with van der Waals surface area (Å²) in [6.45, 7) is 1.08. The number of alkyl halides is 3. The van der Waals surface area contributed by atoms with E-state index in [4.69, 9.17) is 39.9 Å². The summed E-state index contributed by atoms with van der Waals surface area (Å²) < 4.78 is -1.86. The van der Waals surface area contributed by atoms with Crippen LogP contribution in [0, 0.1) is 0 Å². The highest BCUT2D eigenvalue weighted by Crippen LogP contribution is 2.29. The highest BCUT2D eigenvalue weighted by Gasteiger charge is 2.22. The third-order valence-corrected chi connectivity index (χ3v) is 1.25. The maximum atomic E-state index is 10.6. The second-order valence-electron chi connectivity index (χ2n) is 1.96. The van der Waals surface area contributed by atoms with Crippen LogP contribution in [0.15, 0.2) is 11.6 Å². The van der Waals surface area contributed by atoms with E-state index in [2.05, 4.69) is 0 Å². The number of allylic oxidation sites excluding steroid dienone is 1. The van der Waals surface area contributed by atoms with Crippen LogP contribution >= 0.6 is 34.8 Å². The van der Waals surface area contributed by atoms with Crippen molar-refractivity contribution in [3.63, 3.8) is 0 Å². The number of hydrogen-bond donors (Lipinski definition) is 1. The largest absolute Gasteiger partial charge is 0.478 e. The molecule has 68 valence electrons. The van der Waals surface area contributed by atoms with Gasteiger partial charge in [-0.3, -0.25) is 4.79 Å². The summed E-state index contributed by atoms with van der Waals surface area (Å²) in [6.07, 6.45) is 0.766. The number of aliphatic carboxylic acids is 1. The lowest BCUT2D eigenvalue weighted by Crippen LogP contribution is -2.12. The molecule has 0 amide bonds. The van der Waals surface area contributed by atoms with Crippen LogP contribution in [0.5, 0.6) is 0 Å². The molecule has 0 aromatic carbocycles. The van der Waals surface area contributed by atoms with Crippen LogP contribution in [0.3, 0.4) is 0 Å². The van der Waals surface area contributed by atoms with Gasteiger partial charge >= 0.3 is 5.97 Å². The van der Waals surface area contributed by atoms with Crippen LogP contribution in [-0.4, -0.2) is 20.7 Å². The molecule has 6 heteroatoms. The van der Waals surface area contributed by atoms with Gasteiger partial charge < -0.3 is 5.11 Å².